The third-order valence-corrected chi connectivity index (χ3v) is 3.57. The molecule has 3 aromatic rings. The molecule has 3 heterocycles. The van der Waals surface area contributed by atoms with E-state index in [0.29, 0.717) is 28.7 Å². The Kier molecular flexibility index (Phi) is 4.02. The summed E-state index contributed by atoms with van der Waals surface area (Å²) in [7, 11) is 0. The average molecular weight is 355 g/mol. The van der Waals surface area contributed by atoms with Gasteiger partial charge in [0.1, 0.15) is 0 Å². The van der Waals surface area contributed by atoms with Gasteiger partial charge in [0.2, 0.25) is 18.5 Å². The Labute approximate surface area is 146 Å². The van der Waals surface area contributed by atoms with Gasteiger partial charge < -0.3 is 29.0 Å². The molecule has 1 aliphatic rings. The topological polar surface area (TPSA) is 116 Å². The van der Waals surface area contributed by atoms with Crippen LogP contribution in [0.3, 0.4) is 0 Å². The molecule has 2 N–H and O–H groups in total. The minimum Gasteiger partial charge on any atom is -0.461 e. The summed E-state index contributed by atoms with van der Waals surface area (Å²) < 4.78 is 20.6. The Hall–Kier alpha value is -3.75. The first kappa shape index (κ1) is 15.8. The molecule has 2 amide bonds. The maximum Gasteiger partial charge on any atom is 0.273 e. The number of nitrogens with zero attached hydrogens (tertiary/aromatic N) is 1. The third-order valence-electron chi connectivity index (χ3n) is 3.57. The van der Waals surface area contributed by atoms with Gasteiger partial charge in [-0.15, -0.1) is 0 Å². The van der Waals surface area contributed by atoms with Crippen molar-refractivity contribution in [2.45, 2.75) is 0 Å². The van der Waals surface area contributed by atoms with Crippen LogP contribution in [0.25, 0.3) is 11.5 Å². The molecule has 0 fully saturated rings. The molecule has 2 aromatic heterocycles. The molecule has 9 heteroatoms. The molecule has 0 atom stereocenters. The van der Waals surface area contributed by atoms with E-state index in [1.165, 1.54) is 12.3 Å². The van der Waals surface area contributed by atoms with Crippen LogP contribution in [0, 0.1) is 0 Å². The van der Waals surface area contributed by atoms with Crippen molar-refractivity contribution >= 4 is 17.5 Å². The zero-order chi connectivity index (χ0) is 17.9. The quantitative estimate of drug-likeness (QED) is 0.719. The number of fused-ring (bicyclic) bond motifs is 1. The summed E-state index contributed by atoms with van der Waals surface area (Å²) in [6, 6.07) is 9.83. The Morgan fingerprint density at radius 1 is 1.08 bits per heavy atom. The molecule has 0 spiro atoms. The number of benzene rings is 1. The number of ether oxygens (including phenoxy) is 2. The monoisotopic (exact) mass is 355 g/mol. The number of furan rings is 1. The van der Waals surface area contributed by atoms with E-state index >= 15 is 0 Å². The zero-order valence-corrected chi connectivity index (χ0v) is 13.4. The number of rotatable bonds is 5. The first-order valence-electron chi connectivity index (χ1n) is 7.67. The number of amides is 2. The van der Waals surface area contributed by atoms with Gasteiger partial charge in [-0.2, -0.15) is 0 Å². The van der Waals surface area contributed by atoms with E-state index in [-0.39, 0.29) is 19.0 Å². The van der Waals surface area contributed by atoms with E-state index in [1.54, 1.807) is 30.3 Å². The van der Waals surface area contributed by atoms with Gasteiger partial charge in [0, 0.05) is 17.8 Å². The lowest BCUT2D eigenvalue weighted by molar-refractivity contribution is -0.115. The first-order chi connectivity index (χ1) is 12.7. The predicted molar refractivity (Wildman–Crippen MR) is 87.7 cm³/mol. The van der Waals surface area contributed by atoms with Crippen molar-refractivity contribution in [3.63, 3.8) is 0 Å². The van der Waals surface area contributed by atoms with Gasteiger partial charge in [0.25, 0.3) is 5.91 Å². The van der Waals surface area contributed by atoms with Gasteiger partial charge in [-0.25, -0.2) is 0 Å². The Morgan fingerprint density at radius 3 is 2.81 bits per heavy atom. The highest BCUT2D eigenvalue weighted by molar-refractivity contribution is 5.98. The Bertz CT molecular complexity index is 947. The lowest BCUT2D eigenvalue weighted by Gasteiger charge is -2.06. The van der Waals surface area contributed by atoms with Crippen LogP contribution in [0.4, 0.5) is 5.69 Å². The number of nitrogens with one attached hydrogen (secondary N) is 2. The van der Waals surface area contributed by atoms with Crippen molar-refractivity contribution in [1.29, 1.82) is 0 Å². The first-order valence-corrected chi connectivity index (χ1v) is 7.67. The summed E-state index contributed by atoms with van der Waals surface area (Å²) in [5, 5.41) is 8.79. The second-order valence-electron chi connectivity index (χ2n) is 5.35. The van der Waals surface area contributed by atoms with Crippen LogP contribution in [0.2, 0.25) is 0 Å². The number of aromatic nitrogens is 1. The molecule has 0 radical (unpaired) electrons. The molecule has 1 aromatic carbocycles. The van der Waals surface area contributed by atoms with Crippen LogP contribution in [0.5, 0.6) is 11.5 Å². The zero-order valence-electron chi connectivity index (χ0n) is 13.4. The molecule has 26 heavy (non-hydrogen) atoms. The maximum atomic E-state index is 12.1. The minimum atomic E-state index is -0.535. The largest absolute Gasteiger partial charge is 0.461 e. The van der Waals surface area contributed by atoms with Crippen molar-refractivity contribution in [3.05, 3.63) is 48.4 Å². The summed E-state index contributed by atoms with van der Waals surface area (Å²) in [5.74, 6) is 1.02. The summed E-state index contributed by atoms with van der Waals surface area (Å²) in [6.07, 6.45) is 1.48. The van der Waals surface area contributed by atoms with Crippen molar-refractivity contribution in [3.8, 4) is 23.0 Å². The second kappa shape index (κ2) is 6.63. The van der Waals surface area contributed by atoms with Gasteiger partial charge in [-0.3, -0.25) is 9.59 Å². The highest BCUT2D eigenvalue weighted by atomic mass is 16.7. The van der Waals surface area contributed by atoms with Crippen LogP contribution < -0.4 is 20.1 Å². The van der Waals surface area contributed by atoms with Crippen molar-refractivity contribution in [2.24, 2.45) is 0 Å². The van der Waals surface area contributed by atoms with Gasteiger partial charge in [-0.05, 0) is 24.3 Å². The van der Waals surface area contributed by atoms with Crippen LogP contribution in [0.15, 0.2) is 51.6 Å². The minimum absolute atomic E-state index is 0.0484. The van der Waals surface area contributed by atoms with Gasteiger partial charge in [0.15, 0.2) is 23.0 Å². The molecule has 0 bridgehead atoms. The molecule has 132 valence electrons. The highest BCUT2D eigenvalue weighted by Gasteiger charge is 2.17. The average Bonchev–Trinajstić information content (AvgIpc) is 3.39. The number of carbonyl (C=O) groups is 2. The van der Waals surface area contributed by atoms with E-state index in [4.69, 9.17) is 18.4 Å². The molecular weight excluding hydrogens is 342 g/mol. The second-order valence-corrected chi connectivity index (χ2v) is 5.35. The van der Waals surface area contributed by atoms with Crippen LogP contribution in [-0.2, 0) is 4.79 Å². The van der Waals surface area contributed by atoms with Crippen molar-refractivity contribution in [1.82, 2.24) is 10.5 Å². The summed E-state index contributed by atoms with van der Waals surface area (Å²) in [4.78, 5) is 24.0. The molecule has 1 aliphatic heterocycles. The molecule has 0 aliphatic carbocycles. The molecule has 0 saturated heterocycles. The van der Waals surface area contributed by atoms with Crippen LogP contribution in [-0.4, -0.2) is 30.3 Å². The Balaban J connectivity index is 1.32. The fourth-order valence-electron chi connectivity index (χ4n) is 2.35. The lowest BCUT2D eigenvalue weighted by Crippen LogP contribution is -2.33. The number of hydrogen-bond donors (Lipinski definition) is 2. The van der Waals surface area contributed by atoms with E-state index < -0.39 is 11.8 Å². The van der Waals surface area contributed by atoms with Gasteiger partial charge >= 0.3 is 0 Å². The summed E-state index contributed by atoms with van der Waals surface area (Å²) in [5.41, 5.74) is 0.585. The molecule has 4 rings (SSSR count). The fraction of sp³-hybridized carbons (Fsp3) is 0.118. The van der Waals surface area contributed by atoms with Crippen molar-refractivity contribution in [2.75, 3.05) is 18.7 Å². The number of anilines is 1. The van der Waals surface area contributed by atoms with E-state index in [0.717, 1.165) is 0 Å². The van der Waals surface area contributed by atoms with Gasteiger partial charge in [-0.1, -0.05) is 5.16 Å². The standard InChI is InChI=1S/C17H13N3O6/c21-16(19-10-3-4-13-14(6-10)25-9-24-13)8-18-17(22)11-7-15(26-20-11)12-2-1-5-23-12/h1-7H,8-9H2,(H,18,22)(H,19,21). The van der Waals surface area contributed by atoms with E-state index in [1.807, 2.05) is 0 Å². The maximum absolute atomic E-state index is 12.1. The molecule has 9 nitrogen and oxygen atoms in total. The Morgan fingerprint density at radius 2 is 1.96 bits per heavy atom. The van der Waals surface area contributed by atoms with Crippen LogP contribution >= 0.6 is 0 Å². The summed E-state index contributed by atoms with van der Waals surface area (Å²) in [6.45, 7) is -0.0727. The van der Waals surface area contributed by atoms with E-state index in [9.17, 15) is 9.59 Å². The van der Waals surface area contributed by atoms with Crippen molar-refractivity contribution < 1.29 is 28.0 Å². The fourth-order valence-corrected chi connectivity index (χ4v) is 2.35. The number of carbonyl (C=O) groups excluding carboxylic acids is 2. The highest BCUT2D eigenvalue weighted by Crippen LogP contribution is 2.34. The van der Waals surface area contributed by atoms with Gasteiger partial charge in [0.05, 0.1) is 12.8 Å². The molecule has 0 saturated carbocycles. The van der Waals surface area contributed by atoms with Crippen LogP contribution in [0.1, 0.15) is 10.5 Å². The van der Waals surface area contributed by atoms with E-state index in [2.05, 4.69) is 15.8 Å². The number of hydrogen-bond acceptors (Lipinski definition) is 7. The smallest absolute Gasteiger partial charge is 0.273 e. The SMILES string of the molecule is O=C(CNC(=O)c1cc(-c2ccco2)on1)Nc1ccc2c(c1)OCO2. The normalized spacial score (nSPS) is 12.0. The molecular formula is C17H13N3O6. The third kappa shape index (κ3) is 3.22. The summed E-state index contributed by atoms with van der Waals surface area (Å²) >= 11 is 0. The predicted octanol–water partition coefficient (Wildman–Crippen LogP) is 2.03. The lowest BCUT2D eigenvalue weighted by atomic mass is 10.2. The molecule has 0 unspecified atom stereocenters.